The second-order valence-corrected chi connectivity index (χ2v) is 12.3. The number of hydrogen-bond donors (Lipinski definition) is 0. The van der Waals surface area contributed by atoms with Crippen molar-refractivity contribution in [3.8, 4) is 0 Å². The molecule has 6 nitrogen and oxygen atoms in total. The molecule has 0 aromatic carbocycles. The smallest absolute Gasteiger partial charge is 0.374 e. The van der Waals surface area contributed by atoms with Gasteiger partial charge in [0.1, 0.15) is 0 Å². The molecule has 1 aliphatic rings. The summed E-state index contributed by atoms with van der Waals surface area (Å²) in [4.78, 5) is 35.7. The molecule has 2 atom stereocenters. The molecule has 0 unspecified atom stereocenters. The molecular weight excluding hydrogens is 340 g/mol. The maximum atomic E-state index is 12.2. The van der Waals surface area contributed by atoms with Gasteiger partial charge >= 0.3 is 11.9 Å². The molecule has 7 heteroatoms. The minimum Gasteiger partial charge on any atom is -0.466 e. The molecule has 1 aliphatic carbocycles. The van der Waals surface area contributed by atoms with Crippen molar-refractivity contribution in [3.05, 3.63) is 23.8 Å². The topological polar surface area (TPSA) is 78.9 Å². The van der Waals surface area contributed by atoms with E-state index in [0.717, 1.165) is 0 Å². The third-order valence-electron chi connectivity index (χ3n) is 4.81. The molecule has 1 rings (SSSR count). The van der Waals surface area contributed by atoms with Crippen molar-refractivity contribution in [1.82, 2.24) is 0 Å². The first-order chi connectivity index (χ1) is 11.4. The largest absolute Gasteiger partial charge is 0.466 e. The van der Waals surface area contributed by atoms with E-state index in [9.17, 15) is 14.4 Å². The average molecular weight is 369 g/mol. The van der Waals surface area contributed by atoms with Crippen LogP contribution in [0.2, 0.25) is 18.1 Å². The maximum Gasteiger partial charge on any atom is 0.374 e. The summed E-state index contributed by atoms with van der Waals surface area (Å²) in [5.41, 5.74) is 0.359. The highest BCUT2D eigenvalue weighted by molar-refractivity contribution is 6.74. The summed E-state index contributed by atoms with van der Waals surface area (Å²) in [5.74, 6) is -2.47. The minimum absolute atomic E-state index is 0.0771. The third-order valence-corrected chi connectivity index (χ3v) is 9.27. The molecule has 25 heavy (non-hydrogen) atoms. The van der Waals surface area contributed by atoms with Crippen molar-refractivity contribution in [2.24, 2.45) is 5.92 Å². The van der Waals surface area contributed by atoms with Crippen LogP contribution in [0.4, 0.5) is 0 Å². The fraction of sp³-hybridized carbons (Fsp3) is 0.611. The Morgan fingerprint density at radius 3 is 2.20 bits per heavy atom. The van der Waals surface area contributed by atoms with Crippen LogP contribution < -0.4 is 0 Å². The molecule has 0 radical (unpaired) electrons. The number of esters is 2. The molecule has 0 N–H and O–H groups in total. The van der Waals surface area contributed by atoms with E-state index in [1.807, 2.05) is 0 Å². The van der Waals surface area contributed by atoms with E-state index in [2.05, 4.69) is 38.6 Å². The summed E-state index contributed by atoms with van der Waals surface area (Å²) in [6.07, 6.45) is 4.39. The molecule has 0 aliphatic heterocycles. The van der Waals surface area contributed by atoms with Gasteiger partial charge in [-0.25, -0.2) is 9.59 Å². The molecule has 0 bridgehead atoms. The van der Waals surface area contributed by atoms with Crippen molar-refractivity contribution in [3.63, 3.8) is 0 Å². The third kappa shape index (κ3) is 5.12. The molecule has 0 aromatic heterocycles. The Bertz CT molecular complexity index is 597. The van der Waals surface area contributed by atoms with Crippen LogP contribution in [0.25, 0.3) is 0 Å². The Morgan fingerprint density at radius 1 is 1.12 bits per heavy atom. The Hall–Kier alpha value is -1.73. The second-order valence-electron chi connectivity index (χ2n) is 7.58. The number of rotatable bonds is 6. The number of ketones is 1. The van der Waals surface area contributed by atoms with Crippen LogP contribution in [0.15, 0.2) is 23.8 Å². The lowest BCUT2D eigenvalue weighted by molar-refractivity contribution is -0.152. The van der Waals surface area contributed by atoms with Gasteiger partial charge in [-0.1, -0.05) is 32.9 Å². The summed E-state index contributed by atoms with van der Waals surface area (Å²) in [6, 6.07) is 0. The zero-order valence-electron chi connectivity index (χ0n) is 16.0. The first kappa shape index (κ1) is 21.3. The Labute approximate surface area is 150 Å². The van der Waals surface area contributed by atoms with E-state index >= 15 is 0 Å². The predicted molar refractivity (Wildman–Crippen MR) is 96.4 cm³/mol. The fourth-order valence-electron chi connectivity index (χ4n) is 2.26. The molecule has 0 amide bonds. The lowest BCUT2D eigenvalue weighted by Gasteiger charge is -2.41. The lowest BCUT2D eigenvalue weighted by atomic mass is 9.87. The molecule has 140 valence electrons. The van der Waals surface area contributed by atoms with Gasteiger partial charge < -0.3 is 13.9 Å². The van der Waals surface area contributed by atoms with E-state index in [0.29, 0.717) is 5.57 Å². The van der Waals surface area contributed by atoms with Gasteiger partial charge in [0.15, 0.2) is 8.32 Å². The molecule has 0 heterocycles. The summed E-state index contributed by atoms with van der Waals surface area (Å²) < 4.78 is 15.8. The van der Waals surface area contributed by atoms with Crippen LogP contribution in [0, 0.1) is 5.92 Å². The van der Waals surface area contributed by atoms with Crippen molar-refractivity contribution in [2.45, 2.75) is 51.4 Å². The number of carbonyl (C=O) groups is 3. The van der Waals surface area contributed by atoms with E-state index in [1.54, 1.807) is 18.2 Å². The highest BCUT2D eigenvalue weighted by atomic mass is 28.4. The number of hydrogen-bond acceptors (Lipinski definition) is 6. The number of allylic oxidation sites excluding steroid dienone is 2. The zero-order valence-corrected chi connectivity index (χ0v) is 17.0. The van der Waals surface area contributed by atoms with Crippen LogP contribution in [-0.2, 0) is 28.3 Å². The Balaban J connectivity index is 3.16. The van der Waals surface area contributed by atoms with Gasteiger partial charge in [0, 0.05) is 12.3 Å². The Morgan fingerprint density at radius 2 is 1.72 bits per heavy atom. The van der Waals surface area contributed by atoms with Crippen LogP contribution in [0.1, 0.15) is 27.2 Å². The normalized spacial score (nSPS) is 20.7. The van der Waals surface area contributed by atoms with Crippen LogP contribution >= 0.6 is 0 Å². The summed E-state index contributed by atoms with van der Waals surface area (Å²) in [6.45, 7) is 10.4. The number of ether oxygens (including phenoxy) is 2. The van der Waals surface area contributed by atoms with Crippen molar-refractivity contribution in [1.29, 1.82) is 0 Å². The summed E-state index contributed by atoms with van der Waals surface area (Å²) in [7, 11) is 0.241. The van der Waals surface area contributed by atoms with Crippen LogP contribution in [0.3, 0.4) is 0 Å². The monoisotopic (exact) mass is 368 g/mol. The van der Waals surface area contributed by atoms with Gasteiger partial charge in [-0.2, -0.15) is 0 Å². The quantitative estimate of drug-likeness (QED) is 0.407. The van der Waals surface area contributed by atoms with E-state index < -0.39 is 38.1 Å². The van der Waals surface area contributed by atoms with Gasteiger partial charge in [0.25, 0.3) is 0 Å². The molecule has 0 aromatic rings. The van der Waals surface area contributed by atoms with Gasteiger partial charge in [0.2, 0.25) is 5.78 Å². The molecule has 0 saturated carbocycles. The molecule has 0 saturated heterocycles. The maximum absolute atomic E-state index is 12.2. The van der Waals surface area contributed by atoms with Gasteiger partial charge in [-0.15, -0.1) is 0 Å². The van der Waals surface area contributed by atoms with Crippen LogP contribution in [-0.4, -0.2) is 46.4 Å². The van der Waals surface area contributed by atoms with Gasteiger partial charge in [-0.05, 0) is 24.2 Å². The minimum atomic E-state index is -2.23. The van der Waals surface area contributed by atoms with E-state index in [4.69, 9.17) is 9.16 Å². The summed E-state index contributed by atoms with van der Waals surface area (Å²) in [5, 5.41) is -0.0771. The van der Waals surface area contributed by atoms with Gasteiger partial charge in [0.05, 0.1) is 25.9 Å². The number of Topliss-reactive ketones (excluding diaryl/α,β-unsaturated/α-hetero) is 1. The van der Waals surface area contributed by atoms with Crippen LogP contribution in [0.5, 0.6) is 0 Å². The highest BCUT2D eigenvalue weighted by Crippen LogP contribution is 2.40. The number of carbonyl (C=O) groups excluding carboxylic acids is 3. The van der Waals surface area contributed by atoms with Crippen molar-refractivity contribution >= 4 is 26.0 Å². The van der Waals surface area contributed by atoms with Gasteiger partial charge in [-0.3, -0.25) is 4.79 Å². The lowest BCUT2D eigenvalue weighted by Crippen LogP contribution is -2.48. The molecular formula is C18H28O6Si. The summed E-state index contributed by atoms with van der Waals surface area (Å²) >= 11 is 0. The highest BCUT2D eigenvalue weighted by Gasteiger charge is 2.43. The van der Waals surface area contributed by atoms with E-state index in [1.165, 1.54) is 14.2 Å². The SMILES string of the molecule is COC(=O)C(=O)C[C@@H]1C=CC=C(C(=O)OC)[C@H]1O[Si](C)(C)C(C)(C)C. The first-order valence-electron chi connectivity index (χ1n) is 8.20. The average Bonchev–Trinajstić information content (AvgIpc) is 2.53. The number of methoxy groups -OCH3 is 2. The zero-order chi connectivity index (χ0) is 19.4. The van der Waals surface area contributed by atoms with Crippen molar-refractivity contribution in [2.75, 3.05) is 14.2 Å². The molecule has 0 fully saturated rings. The first-order valence-corrected chi connectivity index (χ1v) is 11.1. The standard InChI is InChI=1S/C18H28O6Si/c1-18(2,3)25(6,7)24-15-12(11-14(19)17(21)23-5)9-8-10-13(15)16(20)22-4/h8-10,12,15H,11H2,1-7H3/t12-,15-/m0/s1. The molecule has 0 spiro atoms. The van der Waals surface area contributed by atoms with Crippen molar-refractivity contribution < 1.29 is 28.3 Å². The fourth-order valence-corrected chi connectivity index (χ4v) is 3.55. The predicted octanol–water partition coefficient (Wildman–Crippen LogP) is 2.79. The Kier molecular flexibility index (Phi) is 6.90. The van der Waals surface area contributed by atoms with E-state index in [-0.39, 0.29) is 11.5 Å². The second kappa shape index (κ2) is 8.10.